The summed E-state index contributed by atoms with van der Waals surface area (Å²) >= 11 is 0. The van der Waals surface area contributed by atoms with E-state index in [9.17, 15) is 19.7 Å². The van der Waals surface area contributed by atoms with E-state index >= 15 is 0 Å². The Hall–Kier alpha value is -2.44. The lowest BCUT2D eigenvalue weighted by atomic mass is 10.1. The van der Waals surface area contributed by atoms with Crippen LogP contribution in [0.25, 0.3) is 0 Å². The van der Waals surface area contributed by atoms with E-state index in [1.807, 2.05) is 6.92 Å². The number of non-ortho nitro benzene ring substituents is 1. The SMILES string of the molecule is CCC1C(=O)NCCN1C(=O)c1cc(C)cc([N+](=O)[O-])c1. The van der Waals surface area contributed by atoms with E-state index in [4.69, 9.17) is 0 Å². The molecule has 1 saturated heterocycles. The highest BCUT2D eigenvalue weighted by Crippen LogP contribution is 2.20. The van der Waals surface area contributed by atoms with Crippen LogP contribution in [0.2, 0.25) is 0 Å². The Balaban J connectivity index is 2.34. The molecule has 2 rings (SSSR count). The molecule has 1 aromatic carbocycles. The van der Waals surface area contributed by atoms with Crippen LogP contribution in [0.15, 0.2) is 18.2 Å². The number of rotatable bonds is 3. The largest absolute Gasteiger partial charge is 0.353 e. The summed E-state index contributed by atoms with van der Waals surface area (Å²) in [4.78, 5) is 36.2. The van der Waals surface area contributed by atoms with Crippen molar-refractivity contribution in [2.45, 2.75) is 26.3 Å². The van der Waals surface area contributed by atoms with E-state index in [1.165, 1.54) is 17.0 Å². The molecule has 7 heteroatoms. The number of hydrogen-bond donors (Lipinski definition) is 1. The Labute approximate surface area is 122 Å². The lowest BCUT2D eigenvalue weighted by Gasteiger charge is -2.34. The number of nitrogens with one attached hydrogen (secondary N) is 1. The highest BCUT2D eigenvalue weighted by atomic mass is 16.6. The smallest absolute Gasteiger partial charge is 0.270 e. The van der Waals surface area contributed by atoms with Gasteiger partial charge >= 0.3 is 0 Å². The normalized spacial score (nSPS) is 18.3. The van der Waals surface area contributed by atoms with Gasteiger partial charge in [-0.25, -0.2) is 0 Å². The van der Waals surface area contributed by atoms with Gasteiger partial charge in [0.25, 0.3) is 11.6 Å². The molecule has 2 amide bonds. The third-order valence-corrected chi connectivity index (χ3v) is 3.50. The number of amides is 2. The third-order valence-electron chi connectivity index (χ3n) is 3.50. The molecular weight excluding hydrogens is 274 g/mol. The van der Waals surface area contributed by atoms with Crippen molar-refractivity contribution in [3.63, 3.8) is 0 Å². The van der Waals surface area contributed by atoms with Crippen LogP contribution in [-0.2, 0) is 4.79 Å². The minimum absolute atomic E-state index is 0.118. The Bertz CT molecular complexity index is 600. The Morgan fingerprint density at radius 1 is 1.48 bits per heavy atom. The minimum Gasteiger partial charge on any atom is -0.353 e. The predicted octanol–water partition coefficient (Wildman–Crippen LogP) is 1.25. The molecule has 21 heavy (non-hydrogen) atoms. The van der Waals surface area contributed by atoms with Gasteiger partial charge in [0.15, 0.2) is 0 Å². The minimum atomic E-state index is -0.524. The number of benzene rings is 1. The van der Waals surface area contributed by atoms with E-state index in [1.54, 1.807) is 13.0 Å². The number of carbonyl (C=O) groups excluding carboxylic acids is 2. The number of aryl methyl sites for hydroxylation is 1. The second-order valence-corrected chi connectivity index (χ2v) is 5.03. The van der Waals surface area contributed by atoms with Crippen molar-refractivity contribution < 1.29 is 14.5 Å². The first-order valence-electron chi connectivity index (χ1n) is 6.78. The summed E-state index contributed by atoms with van der Waals surface area (Å²) in [5.74, 6) is -0.525. The van der Waals surface area contributed by atoms with Crippen LogP contribution in [0, 0.1) is 17.0 Å². The zero-order valence-electron chi connectivity index (χ0n) is 12.0. The molecule has 0 saturated carbocycles. The average molecular weight is 291 g/mol. The third kappa shape index (κ3) is 3.01. The number of piperazine rings is 1. The van der Waals surface area contributed by atoms with Gasteiger partial charge in [-0.15, -0.1) is 0 Å². The molecule has 0 bridgehead atoms. The molecule has 0 radical (unpaired) electrons. The van der Waals surface area contributed by atoms with Gasteiger partial charge in [0, 0.05) is 30.8 Å². The summed E-state index contributed by atoms with van der Waals surface area (Å²) in [6, 6.07) is 3.76. The van der Waals surface area contributed by atoms with Gasteiger partial charge in [0.1, 0.15) is 6.04 Å². The maximum Gasteiger partial charge on any atom is 0.270 e. The van der Waals surface area contributed by atoms with E-state index in [2.05, 4.69) is 5.32 Å². The average Bonchev–Trinajstić information content (AvgIpc) is 2.45. The summed E-state index contributed by atoms with van der Waals surface area (Å²) in [5, 5.41) is 13.6. The van der Waals surface area contributed by atoms with Crippen molar-refractivity contribution in [3.05, 3.63) is 39.4 Å². The maximum atomic E-state index is 12.6. The van der Waals surface area contributed by atoms with Gasteiger partial charge in [-0.1, -0.05) is 6.92 Å². The first-order valence-corrected chi connectivity index (χ1v) is 6.78. The zero-order chi connectivity index (χ0) is 15.6. The van der Waals surface area contributed by atoms with Crippen LogP contribution in [0.3, 0.4) is 0 Å². The standard InChI is InChI=1S/C14H17N3O4/c1-3-12-13(18)15-4-5-16(12)14(19)10-6-9(2)7-11(8-10)17(20)21/h6-8,12H,3-5H2,1-2H3,(H,15,18). The highest BCUT2D eigenvalue weighted by Gasteiger charge is 2.32. The Morgan fingerprint density at radius 2 is 2.19 bits per heavy atom. The molecule has 0 aromatic heterocycles. The number of nitrogens with zero attached hydrogens (tertiary/aromatic N) is 2. The predicted molar refractivity (Wildman–Crippen MR) is 76.0 cm³/mol. The molecule has 0 spiro atoms. The van der Waals surface area contributed by atoms with E-state index in [0.29, 0.717) is 25.1 Å². The van der Waals surface area contributed by atoms with Gasteiger partial charge in [-0.05, 0) is 25.0 Å². The zero-order valence-corrected chi connectivity index (χ0v) is 12.0. The number of hydrogen-bond acceptors (Lipinski definition) is 4. The highest BCUT2D eigenvalue weighted by molar-refractivity contribution is 5.98. The summed E-state index contributed by atoms with van der Waals surface area (Å²) in [6.07, 6.45) is 0.505. The first-order chi connectivity index (χ1) is 9.93. The van der Waals surface area contributed by atoms with Crippen molar-refractivity contribution in [1.82, 2.24) is 10.2 Å². The topological polar surface area (TPSA) is 92.6 Å². The molecule has 1 fully saturated rings. The Morgan fingerprint density at radius 3 is 2.81 bits per heavy atom. The van der Waals surface area contributed by atoms with Gasteiger partial charge < -0.3 is 10.2 Å². The van der Waals surface area contributed by atoms with Crippen LogP contribution in [0.4, 0.5) is 5.69 Å². The van der Waals surface area contributed by atoms with Crippen molar-refractivity contribution in [1.29, 1.82) is 0 Å². The summed E-state index contributed by atoms with van der Waals surface area (Å²) < 4.78 is 0. The lowest BCUT2D eigenvalue weighted by molar-refractivity contribution is -0.384. The van der Waals surface area contributed by atoms with Gasteiger partial charge in [0.05, 0.1) is 4.92 Å². The fourth-order valence-electron chi connectivity index (χ4n) is 2.52. The van der Waals surface area contributed by atoms with Crippen LogP contribution in [-0.4, -0.2) is 40.8 Å². The molecule has 1 atom stereocenters. The summed E-state index contributed by atoms with van der Waals surface area (Å²) in [6.45, 7) is 4.33. The molecule has 1 aliphatic heterocycles. The van der Waals surface area contributed by atoms with Gasteiger partial charge in [-0.3, -0.25) is 19.7 Å². The van der Waals surface area contributed by atoms with Crippen molar-refractivity contribution >= 4 is 17.5 Å². The molecule has 1 aliphatic rings. The molecule has 7 nitrogen and oxygen atoms in total. The Kier molecular flexibility index (Phi) is 4.21. The lowest BCUT2D eigenvalue weighted by Crippen LogP contribution is -2.56. The van der Waals surface area contributed by atoms with E-state index in [0.717, 1.165) is 0 Å². The molecule has 112 valence electrons. The summed E-state index contributed by atoms with van der Waals surface area (Å²) in [7, 11) is 0. The summed E-state index contributed by atoms with van der Waals surface area (Å²) in [5.41, 5.74) is 0.768. The number of nitro groups is 1. The number of nitro benzene ring substituents is 1. The second kappa shape index (κ2) is 5.90. The van der Waals surface area contributed by atoms with Gasteiger partial charge in [-0.2, -0.15) is 0 Å². The molecule has 1 heterocycles. The molecule has 1 aromatic rings. The van der Waals surface area contributed by atoms with Gasteiger partial charge in [0.2, 0.25) is 5.91 Å². The first kappa shape index (κ1) is 15.0. The molecule has 1 unspecified atom stereocenters. The fraction of sp³-hybridized carbons (Fsp3) is 0.429. The van der Waals surface area contributed by atoms with E-state index < -0.39 is 11.0 Å². The molecular formula is C14H17N3O4. The van der Waals surface area contributed by atoms with Crippen LogP contribution in [0.5, 0.6) is 0 Å². The van der Waals surface area contributed by atoms with Crippen molar-refractivity contribution in [3.8, 4) is 0 Å². The van der Waals surface area contributed by atoms with Crippen molar-refractivity contribution in [2.24, 2.45) is 0 Å². The van der Waals surface area contributed by atoms with E-state index in [-0.39, 0.29) is 23.1 Å². The number of carbonyl (C=O) groups is 2. The quantitative estimate of drug-likeness (QED) is 0.670. The second-order valence-electron chi connectivity index (χ2n) is 5.03. The monoisotopic (exact) mass is 291 g/mol. The fourth-order valence-corrected chi connectivity index (χ4v) is 2.52. The van der Waals surface area contributed by atoms with Crippen LogP contribution in [0.1, 0.15) is 29.3 Å². The van der Waals surface area contributed by atoms with Crippen molar-refractivity contribution in [2.75, 3.05) is 13.1 Å². The molecule has 1 N–H and O–H groups in total. The maximum absolute atomic E-state index is 12.6. The van der Waals surface area contributed by atoms with Crippen LogP contribution < -0.4 is 5.32 Å². The molecule has 0 aliphatic carbocycles. The van der Waals surface area contributed by atoms with Crippen LogP contribution >= 0.6 is 0 Å².